The summed E-state index contributed by atoms with van der Waals surface area (Å²) in [6.07, 6.45) is 2.41. The van der Waals surface area contributed by atoms with Gasteiger partial charge in [-0.2, -0.15) is 0 Å². The van der Waals surface area contributed by atoms with Crippen LogP contribution in [0.1, 0.15) is 23.2 Å². The number of halogens is 1. The first-order valence-corrected chi connectivity index (χ1v) is 9.15. The maximum absolute atomic E-state index is 12.3. The summed E-state index contributed by atoms with van der Waals surface area (Å²) in [5.74, 6) is -0.662. The van der Waals surface area contributed by atoms with Gasteiger partial charge in [-0.05, 0) is 40.9 Å². The Morgan fingerprint density at radius 1 is 1.22 bits per heavy atom. The van der Waals surface area contributed by atoms with Crippen LogP contribution in [-0.4, -0.2) is 40.0 Å². The third kappa shape index (κ3) is 4.27. The Morgan fingerprint density at radius 2 is 1.93 bits per heavy atom. The zero-order chi connectivity index (χ0) is 19.4. The van der Waals surface area contributed by atoms with Crippen LogP contribution in [0, 0.1) is 5.92 Å². The number of carbonyl (C=O) groups excluding carboxylic acids is 1. The maximum Gasteiger partial charge on any atom is 0.306 e. The Balaban J connectivity index is 1.68. The van der Waals surface area contributed by atoms with Crippen LogP contribution in [0.4, 0.5) is 17.3 Å². The second-order valence-electron chi connectivity index (χ2n) is 6.12. The first-order valence-electron chi connectivity index (χ1n) is 8.36. The molecule has 5 N–H and O–H groups in total. The van der Waals surface area contributed by atoms with Crippen molar-refractivity contribution in [3.8, 4) is 0 Å². The van der Waals surface area contributed by atoms with Gasteiger partial charge in [-0.1, -0.05) is 12.1 Å². The number of nitrogens with two attached hydrogens (primary N) is 1. The lowest BCUT2D eigenvalue weighted by atomic mass is 9.97. The third-order valence-electron chi connectivity index (χ3n) is 4.42. The predicted molar refractivity (Wildman–Crippen MR) is 104 cm³/mol. The van der Waals surface area contributed by atoms with E-state index >= 15 is 0 Å². The lowest BCUT2D eigenvalue weighted by Gasteiger charge is -2.31. The number of carbonyl (C=O) groups is 2. The van der Waals surface area contributed by atoms with Crippen LogP contribution < -0.4 is 21.5 Å². The van der Waals surface area contributed by atoms with E-state index in [0.29, 0.717) is 47.5 Å². The fourth-order valence-corrected chi connectivity index (χ4v) is 3.37. The predicted octanol–water partition coefficient (Wildman–Crippen LogP) is 1.88. The van der Waals surface area contributed by atoms with Crippen molar-refractivity contribution in [3.63, 3.8) is 0 Å². The van der Waals surface area contributed by atoms with Crippen LogP contribution >= 0.6 is 15.9 Å². The molecule has 142 valence electrons. The fraction of sp³-hybridized carbons (Fsp3) is 0.294. The first-order chi connectivity index (χ1) is 13.0. The van der Waals surface area contributed by atoms with Gasteiger partial charge in [0.05, 0.1) is 11.5 Å². The number of anilines is 3. The molecule has 0 radical (unpaired) electrons. The van der Waals surface area contributed by atoms with Crippen molar-refractivity contribution >= 4 is 45.1 Å². The van der Waals surface area contributed by atoms with Crippen molar-refractivity contribution in [2.75, 3.05) is 29.1 Å². The first kappa shape index (κ1) is 18.9. The Bertz CT molecular complexity index is 854. The molecule has 1 fully saturated rings. The van der Waals surface area contributed by atoms with E-state index in [4.69, 9.17) is 10.8 Å². The molecule has 0 saturated carbocycles. The molecule has 1 aliphatic heterocycles. The number of hydrogen-bond acceptors (Lipinski definition) is 7. The summed E-state index contributed by atoms with van der Waals surface area (Å²) in [6.45, 7) is 1.09. The Labute approximate surface area is 164 Å². The number of aliphatic carboxylic acids is 1. The van der Waals surface area contributed by atoms with Gasteiger partial charge >= 0.3 is 5.97 Å². The van der Waals surface area contributed by atoms with Crippen molar-refractivity contribution < 1.29 is 14.7 Å². The van der Waals surface area contributed by atoms with Gasteiger partial charge in [-0.25, -0.2) is 9.97 Å². The van der Waals surface area contributed by atoms with E-state index in [-0.39, 0.29) is 17.6 Å². The van der Waals surface area contributed by atoms with Gasteiger partial charge in [0.2, 0.25) is 0 Å². The molecule has 0 unspecified atom stereocenters. The summed E-state index contributed by atoms with van der Waals surface area (Å²) < 4.78 is 0.668. The Kier molecular flexibility index (Phi) is 5.75. The van der Waals surface area contributed by atoms with Crippen LogP contribution in [-0.2, 0) is 4.79 Å². The van der Waals surface area contributed by atoms with E-state index in [2.05, 4.69) is 36.7 Å². The molecule has 1 aromatic carbocycles. The van der Waals surface area contributed by atoms with Crippen molar-refractivity contribution in [2.45, 2.75) is 12.8 Å². The van der Waals surface area contributed by atoms with Crippen molar-refractivity contribution in [2.24, 2.45) is 5.92 Å². The maximum atomic E-state index is 12.3. The fourth-order valence-electron chi connectivity index (χ4n) is 2.90. The molecular weight excluding hydrogens is 416 g/mol. The molecule has 0 spiro atoms. The number of benzene rings is 1. The minimum absolute atomic E-state index is 0.278. The summed E-state index contributed by atoms with van der Waals surface area (Å²) in [6, 6.07) is 7.03. The van der Waals surface area contributed by atoms with Crippen LogP contribution in [0.5, 0.6) is 0 Å². The molecule has 3 rings (SSSR count). The quantitative estimate of drug-likeness (QED) is 0.524. The third-order valence-corrected chi connectivity index (χ3v) is 5.11. The molecule has 0 atom stereocenters. The SMILES string of the molecule is Nc1c(NNC(=O)c2ccccc2Br)ncnc1N1CCC(C(=O)O)CC1. The minimum Gasteiger partial charge on any atom is -0.481 e. The summed E-state index contributed by atoms with van der Waals surface area (Å²) in [7, 11) is 0. The smallest absolute Gasteiger partial charge is 0.306 e. The number of rotatable bonds is 5. The molecule has 10 heteroatoms. The molecule has 1 saturated heterocycles. The van der Waals surface area contributed by atoms with E-state index in [0.717, 1.165) is 0 Å². The number of hydrogen-bond donors (Lipinski definition) is 4. The van der Waals surface area contributed by atoms with Gasteiger partial charge < -0.3 is 15.7 Å². The zero-order valence-corrected chi connectivity index (χ0v) is 15.9. The highest BCUT2D eigenvalue weighted by Crippen LogP contribution is 2.29. The number of nitrogens with zero attached hydrogens (tertiary/aromatic N) is 3. The number of amides is 1. The number of carboxylic acids is 1. The van der Waals surface area contributed by atoms with Gasteiger partial charge in [0.1, 0.15) is 12.0 Å². The molecule has 1 amide bonds. The van der Waals surface area contributed by atoms with Gasteiger partial charge in [0.25, 0.3) is 5.91 Å². The van der Waals surface area contributed by atoms with Crippen LogP contribution in [0.3, 0.4) is 0 Å². The van der Waals surface area contributed by atoms with Crippen molar-refractivity contribution in [3.05, 3.63) is 40.6 Å². The van der Waals surface area contributed by atoms with Gasteiger partial charge in [-0.3, -0.25) is 20.4 Å². The molecule has 0 bridgehead atoms. The molecule has 1 aromatic heterocycles. The van der Waals surface area contributed by atoms with Crippen molar-refractivity contribution in [1.29, 1.82) is 0 Å². The molecule has 0 aliphatic carbocycles. The van der Waals surface area contributed by atoms with Crippen LogP contribution in [0.2, 0.25) is 0 Å². The van der Waals surface area contributed by atoms with E-state index in [1.165, 1.54) is 6.33 Å². The average Bonchev–Trinajstić information content (AvgIpc) is 2.67. The Hall–Kier alpha value is -2.88. The lowest BCUT2D eigenvalue weighted by molar-refractivity contribution is -0.142. The van der Waals surface area contributed by atoms with E-state index in [1.54, 1.807) is 18.2 Å². The second-order valence-corrected chi connectivity index (χ2v) is 6.97. The van der Waals surface area contributed by atoms with Gasteiger partial charge in [0.15, 0.2) is 11.6 Å². The molecule has 27 heavy (non-hydrogen) atoms. The summed E-state index contributed by atoms with van der Waals surface area (Å²) >= 11 is 3.33. The number of nitrogens with one attached hydrogen (secondary N) is 2. The number of nitrogen functional groups attached to an aromatic ring is 1. The number of carboxylic acid groups (broad SMARTS) is 1. The highest BCUT2D eigenvalue weighted by molar-refractivity contribution is 9.10. The largest absolute Gasteiger partial charge is 0.481 e. The van der Waals surface area contributed by atoms with Gasteiger partial charge in [0, 0.05) is 17.6 Å². The lowest BCUT2D eigenvalue weighted by Crippen LogP contribution is -2.37. The number of piperidine rings is 1. The minimum atomic E-state index is -0.776. The Morgan fingerprint density at radius 3 is 2.59 bits per heavy atom. The zero-order valence-electron chi connectivity index (χ0n) is 14.4. The summed E-state index contributed by atoms with van der Waals surface area (Å²) in [5, 5.41) is 9.11. The van der Waals surface area contributed by atoms with Crippen LogP contribution in [0.15, 0.2) is 35.1 Å². The molecular formula is C17H19BrN6O3. The van der Waals surface area contributed by atoms with E-state index < -0.39 is 5.97 Å². The second kappa shape index (κ2) is 8.21. The molecule has 2 heterocycles. The molecule has 9 nitrogen and oxygen atoms in total. The summed E-state index contributed by atoms with van der Waals surface area (Å²) in [5.41, 5.74) is 12.2. The normalized spacial score (nSPS) is 14.6. The van der Waals surface area contributed by atoms with E-state index in [1.807, 2.05) is 11.0 Å². The monoisotopic (exact) mass is 434 g/mol. The summed E-state index contributed by atoms with van der Waals surface area (Å²) in [4.78, 5) is 33.6. The van der Waals surface area contributed by atoms with Crippen LogP contribution in [0.25, 0.3) is 0 Å². The van der Waals surface area contributed by atoms with Crippen molar-refractivity contribution in [1.82, 2.24) is 15.4 Å². The average molecular weight is 435 g/mol. The highest BCUT2D eigenvalue weighted by Gasteiger charge is 2.26. The van der Waals surface area contributed by atoms with E-state index in [9.17, 15) is 9.59 Å². The van der Waals surface area contributed by atoms with Gasteiger partial charge in [-0.15, -0.1) is 0 Å². The standard InChI is InChI=1S/C17H19BrN6O3/c18-12-4-2-1-3-11(12)16(25)23-22-14-13(19)15(21-9-20-14)24-7-5-10(6-8-24)17(26)27/h1-4,9-10H,5-8,19H2,(H,23,25)(H,26,27)(H,20,21,22). The topological polar surface area (TPSA) is 133 Å². The highest BCUT2D eigenvalue weighted by atomic mass is 79.9. The number of aromatic nitrogens is 2. The molecule has 2 aromatic rings. The number of hydrazine groups is 1. The molecule has 1 aliphatic rings.